The highest BCUT2D eigenvalue weighted by atomic mass is 15.5. The number of terminal acetylenes is 1. The number of piperidine rings is 1. The Morgan fingerprint density at radius 1 is 1.46 bits per heavy atom. The van der Waals surface area contributed by atoms with Gasteiger partial charge in [0.15, 0.2) is 0 Å². The summed E-state index contributed by atoms with van der Waals surface area (Å²) in [6.45, 7) is 3.04. The highest BCUT2D eigenvalue weighted by molar-refractivity contribution is 4.90. The van der Waals surface area contributed by atoms with Gasteiger partial charge in [0.1, 0.15) is 0 Å². The molecule has 0 aliphatic carbocycles. The van der Waals surface area contributed by atoms with Crippen LogP contribution in [0.2, 0.25) is 0 Å². The van der Waals surface area contributed by atoms with Gasteiger partial charge in [-0.1, -0.05) is 5.92 Å². The van der Waals surface area contributed by atoms with E-state index >= 15 is 0 Å². The first-order chi connectivity index (χ1) is 6.22. The summed E-state index contributed by atoms with van der Waals surface area (Å²) < 4.78 is 0. The van der Waals surface area contributed by atoms with Gasteiger partial charge in [-0.05, 0) is 12.8 Å². The molecule has 13 heavy (non-hydrogen) atoms. The molecule has 3 nitrogen and oxygen atoms in total. The molecule has 0 aromatic rings. The quantitative estimate of drug-likeness (QED) is 0.494. The van der Waals surface area contributed by atoms with Crippen LogP contribution in [0, 0.1) is 12.3 Å². The molecule has 1 rings (SSSR count). The highest BCUT2D eigenvalue weighted by Gasteiger charge is 2.18. The molecule has 0 bridgehead atoms. The minimum atomic E-state index is 0.629. The van der Waals surface area contributed by atoms with Crippen molar-refractivity contribution in [2.45, 2.75) is 18.9 Å². The lowest BCUT2D eigenvalue weighted by Gasteiger charge is -2.32. The van der Waals surface area contributed by atoms with Crippen LogP contribution >= 0.6 is 0 Å². The van der Waals surface area contributed by atoms with Gasteiger partial charge < -0.3 is 0 Å². The molecular formula is C10H19N3. The van der Waals surface area contributed by atoms with E-state index in [1.54, 1.807) is 0 Å². The second-order valence-corrected chi connectivity index (χ2v) is 3.78. The summed E-state index contributed by atoms with van der Waals surface area (Å²) in [6.07, 6.45) is 7.65. The first-order valence-electron chi connectivity index (χ1n) is 4.81. The Morgan fingerprint density at radius 2 is 2.08 bits per heavy atom. The molecule has 3 heteroatoms. The number of nitrogens with one attached hydrogen (secondary N) is 1. The van der Waals surface area contributed by atoms with Crippen LogP contribution in [-0.2, 0) is 0 Å². The summed E-state index contributed by atoms with van der Waals surface area (Å²) in [7, 11) is 4.07. The molecule has 1 aliphatic heterocycles. The lowest BCUT2D eigenvalue weighted by molar-refractivity contribution is 0.158. The Morgan fingerprint density at radius 3 is 2.54 bits per heavy atom. The van der Waals surface area contributed by atoms with Gasteiger partial charge in [0.2, 0.25) is 0 Å². The maximum Gasteiger partial charge on any atom is 0.0598 e. The van der Waals surface area contributed by atoms with Gasteiger partial charge in [-0.25, -0.2) is 0 Å². The smallest absolute Gasteiger partial charge is 0.0598 e. The highest BCUT2D eigenvalue weighted by Crippen LogP contribution is 2.09. The van der Waals surface area contributed by atoms with Crippen LogP contribution in [0.5, 0.6) is 0 Å². The number of hydrazine groups is 1. The Balaban J connectivity index is 2.19. The summed E-state index contributed by atoms with van der Waals surface area (Å²) >= 11 is 0. The molecule has 0 amide bonds. The maximum atomic E-state index is 5.26. The zero-order valence-corrected chi connectivity index (χ0v) is 8.58. The molecule has 1 saturated heterocycles. The van der Waals surface area contributed by atoms with Crippen molar-refractivity contribution in [3.63, 3.8) is 0 Å². The lowest BCUT2D eigenvalue weighted by Crippen LogP contribution is -2.47. The molecule has 1 heterocycles. The van der Waals surface area contributed by atoms with Gasteiger partial charge in [-0.2, -0.15) is 0 Å². The first-order valence-corrected chi connectivity index (χ1v) is 4.81. The minimum Gasteiger partial charge on any atom is -0.292 e. The fourth-order valence-corrected chi connectivity index (χ4v) is 1.71. The van der Waals surface area contributed by atoms with Gasteiger partial charge in [-0.15, -0.1) is 6.42 Å². The number of likely N-dealkylation sites (tertiary alicyclic amines) is 1. The second kappa shape index (κ2) is 5.23. The Labute approximate surface area is 81.1 Å². The molecule has 0 radical (unpaired) electrons. The monoisotopic (exact) mass is 181 g/mol. The van der Waals surface area contributed by atoms with Crippen molar-refractivity contribution in [1.29, 1.82) is 0 Å². The van der Waals surface area contributed by atoms with E-state index in [1.807, 2.05) is 19.1 Å². The third kappa shape index (κ3) is 3.77. The average molecular weight is 181 g/mol. The van der Waals surface area contributed by atoms with E-state index in [9.17, 15) is 0 Å². The fraction of sp³-hybridized carbons (Fsp3) is 0.800. The van der Waals surface area contributed by atoms with Gasteiger partial charge in [0.05, 0.1) is 6.54 Å². The Kier molecular flexibility index (Phi) is 4.23. The summed E-state index contributed by atoms with van der Waals surface area (Å²) in [4.78, 5) is 2.33. The average Bonchev–Trinajstić information content (AvgIpc) is 2.08. The summed E-state index contributed by atoms with van der Waals surface area (Å²) in [6, 6.07) is 0.629. The summed E-state index contributed by atoms with van der Waals surface area (Å²) in [5.74, 6) is 2.69. The second-order valence-electron chi connectivity index (χ2n) is 3.78. The molecule has 0 aromatic heterocycles. The maximum absolute atomic E-state index is 5.26. The van der Waals surface area contributed by atoms with E-state index in [4.69, 9.17) is 6.42 Å². The largest absolute Gasteiger partial charge is 0.292 e. The Bertz CT molecular complexity index is 175. The first kappa shape index (κ1) is 10.5. The van der Waals surface area contributed by atoms with Gasteiger partial charge in [0.25, 0.3) is 0 Å². The van der Waals surface area contributed by atoms with Crippen molar-refractivity contribution < 1.29 is 0 Å². The number of hydrogen-bond acceptors (Lipinski definition) is 3. The standard InChI is InChI=1S/C10H19N3/c1-4-7-13-8-5-10(6-9-13)11-12(2)3/h1,10-11H,5-9H2,2-3H3. The molecule has 0 saturated carbocycles. The van der Waals surface area contributed by atoms with Crippen LogP contribution < -0.4 is 5.43 Å². The number of rotatable bonds is 3. The van der Waals surface area contributed by atoms with Crippen molar-refractivity contribution in [2.75, 3.05) is 33.7 Å². The number of hydrogen-bond donors (Lipinski definition) is 1. The molecule has 0 spiro atoms. The predicted molar refractivity (Wildman–Crippen MR) is 55.1 cm³/mol. The van der Waals surface area contributed by atoms with Crippen LogP contribution in [-0.4, -0.2) is 49.7 Å². The van der Waals surface area contributed by atoms with Crippen LogP contribution in [0.15, 0.2) is 0 Å². The van der Waals surface area contributed by atoms with Crippen molar-refractivity contribution in [2.24, 2.45) is 0 Å². The van der Waals surface area contributed by atoms with E-state index < -0.39 is 0 Å². The molecular weight excluding hydrogens is 162 g/mol. The molecule has 1 aliphatic rings. The molecule has 1 N–H and O–H groups in total. The number of nitrogens with zero attached hydrogens (tertiary/aromatic N) is 2. The van der Waals surface area contributed by atoms with Crippen LogP contribution in [0.25, 0.3) is 0 Å². The fourth-order valence-electron chi connectivity index (χ4n) is 1.71. The lowest BCUT2D eigenvalue weighted by atomic mass is 10.1. The third-order valence-electron chi connectivity index (χ3n) is 2.34. The summed E-state index contributed by atoms with van der Waals surface area (Å²) in [5, 5.41) is 2.03. The summed E-state index contributed by atoms with van der Waals surface area (Å²) in [5.41, 5.74) is 3.40. The van der Waals surface area contributed by atoms with Crippen molar-refractivity contribution in [3.8, 4) is 12.3 Å². The molecule has 1 fully saturated rings. The van der Waals surface area contributed by atoms with E-state index in [0.717, 1.165) is 19.6 Å². The molecule has 74 valence electrons. The van der Waals surface area contributed by atoms with E-state index in [1.165, 1.54) is 12.8 Å². The van der Waals surface area contributed by atoms with Crippen molar-refractivity contribution >= 4 is 0 Å². The van der Waals surface area contributed by atoms with E-state index in [0.29, 0.717) is 6.04 Å². The molecule has 0 aromatic carbocycles. The van der Waals surface area contributed by atoms with E-state index in [-0.39, 0.29) is 0 Å². The van der Waals surface area contributed by atoms with Gasteiger partial charge >= 0.3 is 0 Å². The minimum absolute atomic E-state index is 0.629. The molecule has 0 atom stereocenters. The Hall–Kier alpha value is -0.560. The van der Waals surface area contributed by atoms with Gasteiger partial charge in [0, 0.05) is 33.2 Å². The van der Waals surface area contributed by atoms with E-state index in [2.05, 4.69) is 16.2 Å². The third-order valence-corrected chi connectivity index (χ3v) is 2.34. The normalized spacial score (nSPS) is 20.5. The topological polar surface area (TPSA) is 18.5 Å². The van der Waals surface area contributed by atoms with Crippen LogP contribution in [0.1, 0.15) is 12.8 Å². The van der Waals surface area contributed by atoms with Crippen LogP contribution in [0.3, 0.4) is 0 Å². The SMILES string of the molecule is C#CCN1CCC(NN(C)C)CC1. The van der Waals surface area contributed by atoms with Crippen molar-refractivity contribution in [3.05, 3.63) is 0 Å². The zero-order chi connectivity index (χ0) is 9.68. The predicted octanol–water partition coefficient (Wildman–Crippen LogP) is 0.150. The van der Waals surface area contributed by atoms with Gasteiger partial charge in [-0.3, -0.25) is 15.3 Å². The molecule has 0 unspecified atom stereocenters. The van der Waals surface area contributed by atoms with Crippen LogP contribution in [0.4, 0.5) is 0 Å². The van der Waals surface area contributed by atoms with Crippen molar-refractivity contribution in [1.82, 2.24) is 15.3 Å². The zero-order valence-electron chi connectivity index (χ0n) is 8.58.